The molecule has 0 spiro atoms. The van der Waals surface area contributed by atoms with Crippen LogP contribution in [-0.4, -0.2) is 41.5 Å². The second kappa shape index (κ2) is 8.68. The van der Waals surface area contributed by atoms with Crippen molar-refractivity contribution in [2.75, 3.05) is 25.0 Å². The number of amides is 1. The molecule has 0 aliphatic carbocycles. The van der Waals surface area contributed by atoms with Crippen LogP contribution in [0.4, 0.5) is 5.69 Å². The Bertz CT molecular complexity index is 777. The number of nitrogens with zero attached hydrogens (tertiary/aromatic N) is 1. The minimum Gasteiger partial charge on any atom is -0.481 e. The number of piperidine rings is 1. The minimum absolute atomic E-state index is 0.148. The van der Waals surface area contributed by atoms with Gasteiger partial charge in [-0.1, -0.05) is 25.1 Å². The van der Waals surface area contributed by atoms with Crippen molar-refractivity contribution in [3.8, 4) is 11.5 Å². The van der Waals surface area contributed by atoms with Gasteiger partial charge in [0.15, 0.2) is 0 Å². The van der Waals surface area contributed by atoms with Gasteiger partial charge in [-0.3, -0.25) is 14.5 Å². The number of anilines is 1. The van der Waals surface area contributed by atoms with Gasteiger partial charge in [0.2, 0.25) is 5.91 Å². The number of hydrogen-bond donors (Lipinski definition) is 2. The number of ether oxygens (including phenoxy) is 1. The van der Waals surface area contributed by atoms with Crippen LogP contribution in [0, 0.1) is 11.8 Å². The van der Waals surface area contributed by atoms with E-state index in [-0.39, 0.29) is 18.4 Å². The molecule has 142 valence electrons. The molecule has 1 fully saturated rings. The van der Waals surface area contributed by atoms with Gasteiger partial charge >= 0.3 is 5.97 Å². The third-order valence-electron chi connectivity index (χ3n) is 4.57. The molecule has 6 nitrogen and oxygen atoms in total. The predicted octanol–water partition coefficient (Wildman–Crippen LogP) is 3.46. The maximum Gasteiger partial charge on any atom is 0.307 e. The number of benzene rings is 2. The fourth-order valence-corrected chi connectivity index (χ4v) is 3.40. The highest BCUT2D eigenvalue weighted by Gasteiger charge is 2.30. The van der Waals surface area contributed by atoms with Crippen LogP contribution >= 0.6 is 0 Å². The Morgan fingerprint density at radius 1 is 1.07 bits per heavy atom. The van der Waals surface area contributed by atoms with Crippen molar-refractivity contribution in [2.45, 2.75) is 13.3 Å². The number of para-hydroxylation sites is 1. The first-order valence-electron chi connectivity index (χ1n) is 9.07. The predicted molar refractivity (Wildman–Crippen MR) is 103 cm³/mol. The third kappa shape index (κ3) is 5.56. The quantitative estimate of drug-likeness (QED) is 0.816. The van der Waals surface area contributed by atoms with Crippen LogP contribution in [0.5, 0.6) is 11.5 Å². The maximum absolute atomic E-state index is 12.3. The number of aliphatic carboxylic acids is 1. The van der Waals surface area contributed by atoms with Gasteiger partial charge in [0.1, 0.15) is 11.5 Å². The summed E-state index contributed by atoms with van der Waals surface area (Å²) in [4.78, 5) is 25.5. The molecule has 2 atom stereocenters. The molecule has 2 aromatic rings. The summed E-state index contributed by atoms with van der Waals surface area (Å²) in [6.07, 6.45) is 0.663. The number of carboxylic acid groups (broad SMARTS) is 1. The van der Waals surface area contributed by atoms with Crippen molar-refractivity contribution >= 4 is 17.6 Å². The highest BCUT2D eigenvalue weighted by Crippen LogP contribution is 2.23. The molecule has 1 amide bonds. The van der Waals surface area contributed by atoms with Crippen molar-refractivity contribution in [1.29, 1.82) is 0 Å². The molecule has 2 aromatic carbocycles. The van der Waals surface area contributed by atoms with Gasteiger partial charge in [-0.25, -0.2) is 0 Å². The molecule has 6 heteroatoms. The average molecular weight is 368 g/mol. The van der Waals surface area contributed by atoms with Crippen molar-refractivity contribution in [3.05, 3.63) is 54.6 Å². The molecule has 0 saturated carbocycles. The van der Waals surface area contributed by atoms with Crippen LogP contribution in [0.15, 0.2) is 54.6 Å². The zero-order valence-corrected chi connectivity index (χ0v) is 15.3. The van der Waals surface area contributed by atoms with E-state index in [9.17, 15) is 14.7 Å². The molecule has 2 unspecified atom stereocenters. The topological polar surface area (TPSA) is 78.9 Å². The van der Waals surface area contributed by atoms with Crippen molar-refractivity contribution < 1.29 is 19.4 Å². The third-order valence-corrected chi connectivity index (χ3v) is 4.57. The first-order valence-corrected chi connectivity index (χ1v) is 9.07. The summed E-state index contributed by atoms with van der Waals surface area (Å²) >= 11 is 0. The van der Waals surface area contributed by atoms with Crippen molar-refractivity contribution in [3.63, 3.8) is 0 Å². The van der Waals surface area contributed by atoms with E-state index in [0.29, 0.717) is 24.4 Å². The summed E-state index contributed by atoms with van der Waals surface area (Å²) in [5.41, 5.74) is 0.681. The van der Waals surface area contributed by atoms with Gasteiger partial charge in [-0.15, -0.1) is 0 Å². The van der Waals surface area contributed by atoms with E-state index >= 15 is 0 Å². The number of carbonyl (C=O) groups excluding carboxylic acids is 1. The van der Waals surface area contributed by atoms with Crippen LogP contribution in [0.2, 0.25) is 0 Å². The zero-order chi connectivity index (χ0) is 19.2. The Hall–Kier alpha value is -2.86. The van der Waals surface area contributed by atoms with Crippen LogP contribution < -0.4 is 10.1 Å². The Morgan fingerprint density at radius 2 is 1.74 bits per heavy atom. The minimum atomic E-state index is -0.791. The van der Waals surface area contributed by atoms with Gasteiger partial charge in [0.05, 0.1) is 12.5 Å². The summed E-state index contributed by atoms with van der Waals surface area (Å²) < 4.78 is 5.73. The molecule has 1 heterocycles. The van der Waals surface area contributed by atoms with Gasteiger partial charge in [-0.05, 0) is 48.7 Å². The largest absolute Gasteiger partial charge is 0.481 e. The normalized spacial score (nSPS) is 20.0. The SMILES string of the molecule is CC1CC(C(=O)O)CN(CC(=O)Nc2ccc(Oc3ccccc3)cc2)C1. The van der Waals surface area contributed by atoms with Crippen LogP contribution in [-0.2, 0) is 9.59 Å². The van der Waals surface area contributed by atoms with Crippen molar-refractivity contribution in [1.82, 2.24) is 4.90 Å². The molecule has 2 N–H and O–H groups in total. The molecule has 27 heavy (non-hydrogen) atoms. The summed E-state index contributed by atoms with van der Waals surface area (Å²) in [5.74, 6) is 0.360. The molecule has 0 radical (unpaired) electrons. The fraction of sp³-hybridized carbons (Fsp3) is 0.333. The van der Waals surface area contributed by atoms with E-state index in [1.165, 1.54) is 0 Å². The molecule has 3 rings (SSSR count). The first-order chi connectivity index (χ1) is 13.0. The summed E-state index contributed by atoms with van der Waals surface area (Å²) in [6, 6.07) is 16.6. The van der Waals surface area contributed by atoms with E-state index in [0.717, 1.165) is 12.3 Å². The molecule has 1 aliphatic heterocycles. The highest BCUT2D eigenvalue weighted by atomic mass is 16.5. The molecule has 1 aliphatic rings. The summed E-state index contributed by atoms with van der Waals surface area (Å²) in [5, 5.41) is 12.1. The molecule has 0 bridgehead atoms. The lowest BCUT2D eigenvalue weighted by molar-refractivity contribution is -0.144. The van der Waals surface area contributed by atoms with Crippen LogP contribution in [0.25, 0.3) is 0 Å². The molecular weight excluding hydrogens is 344 g/mol. The number of nitrogens with one attached hydrogen (secondary N) is 1. The zero-order valence-electron chi connectivity index (χ0n) is 15.3. The van der Waals surface area contributed by atoms with Gasteiger partial charge in [0.25, 0.3) is 0 Å². The summed E-state index contributed by atoms with van der Waals surface area (Å²) in [6.45, 7) is 3.36. The average Bonchev–Trinajstić information content (AvgIpc) is 2.63. The highest BCUT2D eigenvalue weighted by molar-refractivity contribution is 5.92. The van der Waals surface area contributed by atoms with E-state index in [1.54, 1.807) is 24.3 Å². The van der Waals surface area contributed by atoms with E-state index in [1.807, 2.05) is 42.2 Å². The number of carboxylic acids is 1. The molecular formula is C21H24N2O4. The van der Waals surface area contributed by atoms with E-state index in [4.69, 9.17) is 4.74 Å². The van der Waals surface area contributed by atoms with Crippen LogP contribution in [0.3, 0.4) is 0 Å². The van der Waals surface area contributed by atoms with E-state index < -0.39 is 11.9 Å². The lowest BCUT2D eigenvalue weighted by Crippen LogP contribution is -2.45. The van der Waals surface area contributed by atoms with Gasteiger partial charge in [-0.2, -0.15) is 0 Å². The lowest BCUT2D eigenvalue weighted by atomic mass is 9.90. The second-order valence-electron chi connectivity index (χ2n) is 7.06. The standard InChI is InChI=1S/C21H24N2O4/c1-15-11-16(21(25)26)13-23(12-15)14-20(24)22-17-7-9-19(10-8-17)27-18-5-3-2-4-6-18/h2-10,15-16H,11-14H2,1H3,(H,22,24)(H,25,26). The van der Waals surface area contributed by atoms with E-state index in [2.05, 4.69) is 5.32 Å². The first kappa shape index (κ1) is 18.9. The number of hydrogen-bond acceptors (Lipinski definition) is 4. The van der Waals surface area contributed by atoms with Gasteiger partial charge < -0.3 is 15.2 Å². The maximum atomic E-state index is 12.3. The fourth-order valence-electron chi connectivity index (χ4n) is 3.40. The van der Waals surface area contributed by atoms with Gasteiger partial charge in [0, 0.05) is 18.8 Å². The smallest absolute Gasteiger partial charge is 0.307 e. The number of rotatable bonds is 6. The Balaban J connectivity index is 1.52. The van der Waals surface area contributed by atoms with Crippen molar-refractivity contribution in [2.24, 2.45) is 11.8 Å². The number of carbonyl (C=O) groups is 2. The number of likely N-dealkylation sites (tertiary alicyclic amines) is 1. The molecule has 1 saturated heterocycles. The Labute approximate surface area is 158 Å². The Morgan fingerprint density at radius 3 is 2.41 bits per heavy atom. The lowest BCUT2D eigenvalue weighted by Gasteiger charge is -2.34. The van der Waals surface area contributed by atoms with Crippen LogP contribution in [0.1, 0.15) is 13.3 Å². The second-order valence-corrected chi connectivity index (χ2v) is 7.06. The Kier molecular flexibility index (Phi) is 6.08. The summed E-state index contributed by atoms with van der Waals surface area (Å²) in [7, 11) is 0. The molecule has 0 aromatic heterocycles. The monoisotopic (exact) mass is 368 g/mol.